The maximum atomic E-state index is 12.6. The minimum absolute atomic E-state index is 0.0858. The van der Waals surface area contributed by atoms with Gasteiger partial charge in [0, 0.05) is 6.54 Å². The number of amides is 1. The lowest BCUT2D eigenvalue weighted by Gasteiger charge is -2.22. The molecule has 3 nitrogen and oxygen atoms in total. The van der Waals surface area contributed by atoms with Crippen LogP contribution in [0.15, 0.2) is 24.3 Å². The molecule has 0 radical (unpaired) electrons. The fraction of sp³-hybridized carbons (Fsp3) is 0.611. The van der Waals surface area contributed by atoms with Gasteiger partial charge >= 0.3 is 0 Å². The van der Waals surface area contributed by atoms with Crippen LogP contribution in [0, 0.1) is 11.8 Å². The first-order valence-corrected chi connectivity index (χ1v) is 8.03. The van der Waals surface area contributed by atoms with Gasteiger partial charge in [-0.05, 0) is 42.4 Å². The minimum atomic E-state index is -0.0858. The molecule has 1 aromatic rings. The summed E-state index contributed by atoms with van der Waals surface area (Å²) in [5.41, 5.74) is 1.06. The van der Waals surface area contributed by atoms with Gasteiger partial charge in [0.1, 0.15) is 5.75 Å². The van der Waals surface area contributed by atoms with Crippen LogP contribution >= 0.6 is 0 Å². The summed E-state index contributed by atoms with van der Waals surface area (Å²) in [6.45, 7) is 5.03. The van der Waals surface area contributed by atoms with Crippen LogP contribution in [0.1, 0.15) is 51.0 Å². The van der Waals surface area contributed by atoms with Crippen molar-refractivity contribution in [2.75, 3.05) is 13.7 Å². The molecule has 1 saturated carbocycles. The number of benzene rings is 1. The second-order valence-corrected chi connectivity index (χ2v) is 6.39. The average Bonchev–Trinajstić information content (AvgIpc) is 2.99. The number of rotatable bonds is 6. The van der Waals surface area contributed by atoms with Gasteiger partial charge in [0.15, 0.2) is 0 Å². The molecule has 0 spiro atoms. The highest BCUT2D eigenvalue weighted by Gasteiger charge is 2.25. The van der Waals surface area contributed by atoms with Gasteiger partial charge in [0.05, 0.1) is 13.0 Å². The van der Waals surface area contributed by atoms with E-state index in [-0.39, 0.29) is 17.7 Å². The molecular formula is C18H27NO2. The van der Waals surface area contributed by atoms with Gasteiger partial charge in [-0.3, -0.25) is 4.79 Å². The fourth-order valence-corrected chi connectivity index (χ4v) is 3.22. The lowest BCUT2D eigenvalue weighted by Crippen LogP contribution is -2.34. The quantitative estimate of drug-likeness (QED) is 0.866. The zero-order valence-corrected chi connectivity index (χ0v) is 13.4. The zero-order chi connectivity index (χ0) is 15.2. The van der Waals surface area contributed by atoms with Crippen molar-refractivity contribution in [1.29, 1.82) is 0 Å². The summed E-state index contributed by atoms with van der Waals surface area (Å²) in [5.74, 6) is 1.85. The summed E-state index contributed by atoms with van der Waals surface area (Å²) in [7, 11) is 1.66. The van der Waals surface area contributed by atoms with E-state index >= 15 is 0 Å². The van der Waals surface area contributed by atoms with E-state index in [0.717, 1.165) is 17.9 Å². The van der Waals surface area contributed by atoms with Crippen LogP contribution in [-0.4, -0.2) is 19.6 Å². The summed E-state index contributed by atoms with van der Waals surface area (Å²) in [6, 6.07) is 7.85. The third-order valence-electron chi connectivity index (χ3n) is 4.46. The summed E-state index contributed by atoms with van der Waals surface area (Å²) in [5, 5.41) is 3.16. The number of ether oxygens (including phenoxy) is 1. The first-order valence-electron chi connectivity index (χ1n) is 8.03. The number of hydrogen-bond donors (Lipinski definition) is 1. The zero-order valence-electron chi connectivity index (χ0n) is 13.4. The number of carbonyl (C=O) groups is 1. The monoisotopic (exact) mass is 289 g/mol. The molecular weight excluding hydrogens is 262 g/mol. The first kappa shape index (κ1) is 15.9. The Labute approximate surface area is 128 Å². The Morgan fingerprint density at radius 1 is 1.24 bits per heavy atom. The highest BCUT2D eigenvalue weighted by molar-refractivity contribution is 5.84. The van der Waals surface area contributed by atoms with E-state index in [1.165, 1.54) is 25.7 Å². The Balaban J connectivity index is 2.00. The van der Waals surface area contributed by atoms with Crippen molar-refractivity contribution in [2.24, 2.45) is 11.8 Å². The highest BCUT2D eigenvalue weighted by Crippen LogP contribution is 2.27. The molecule has 116 valence electrons. The highest BCUT2D eigenvalue weighted by atomic mass is 16.5. The Morgan fingerprint density at radius 2 is 1.86 bits per heavy atom. The second kappa shape index (κ2) is 7.48. The molecule has 21 heavy (non-hydrogen) atoms. The fourth-order valence-electron chi connectivity index (χ4n) is 3.22. The average molecular weight is 289 g/mol. The third-order valence-corrected chi connectivity index (χ3v) is 4.46. The van der Waals surface area contributed by atoms with E-state index in [2.05, 4.69) is 19.2 Å². The van der Waals surface area contributed by atoms with Crippen molar-refractivity contribution < 1.29 is 9.53 Å². The van der Waals surface area contributed by atoms with Crippen LogP contribution in [0.2, 0.25) is 0 Å². The van der Waals surface area contributed by atoms with Crippen molar-refractivity contribution in [1.82, 2.24) is 5.32 Å². The Hall–Kier alpha value is -1.51. The Bertz CT molecular complexity index is 447. The largest absolute Gasteiger partial charge is 0.497 e. The Kier molecular flexibility index (Phi) is 5.66. The molecule has 0 heterocycles. The van der Waals surface area contributed by atoms with Crippen molar-refractivity contribution in [3.63, 3.8) is 0 Å². The molecule has 0 aliphatic heterocycles. The lowest BCUT2D eigenvalue weighted by molar-refractivity contribution is -0.123. The lowest BCUT2D eigenvalue weighted by atomic mass is 9.87. The van der Waals surface area contributed by atoms with Gasteiger partial charge in [-0.2, -0.15) is 0 Å². The van der Waals surface area contributed by atoms with Crippen molar-refractivity contribution >= 4 is 5.91 Å². The second-order valence-electron chi connectivity index (χ2n) is 6.39. The normalized spacial score (nSPS) is 17.0. The van der Waals surface area contributed by atoms with Crippen LogP contribution in [0.25, 0.3) is 0 Å². The van der Waals surface area contributed by atoms with Gasteiger partial charge in [-0.1, -0.05) is 38.8 Å². The van der Waals surface area contributed by atoms with E-state index in [1.807, 2.05) is 24.3 Å². The molecule has 1 aromatic carbocycles. The molecule has 1 amide bonds. The summed E-state index contributed by atoms with van der Waals surface area (Å²) < 4.78 is 5.18. The van der Waals surface area contributed by atoms with E-state index in [1.54, 1.807) is 7.11 Å². The molecule has 1 unspecified atom stereocenters. The maximum Gasteiger partial charge on any atom is 0.227 e. The molecule has 1 aliphatic carbocycles. The first-order chi connectivity index (χ1) is 10.1. The molecule has 1 atom stereocenters. The SMILES string of the molecule is COc1ccc(C(C(=O)NCC2CCCC2)C(C)C)cc1. The topological polar surface area (TPSA) is 38.3 Å². The summed E-state index contributed by atoms with van der Waals surface area (Å²) in [6.07, 6.45) is 5.14. The third kappa shape index (κ3) is 4.23. The molecule has 1 N–H and O–H groups in total. The summed E-state index contributed by atoms with van der Waals surface area (Å²) >= 11 is 0. The number of methoxy groups -OCH3 is 1. The van der Waals surface area contributed by atoms with Gasteiger partial charge in [-0.25, -0.2) is 0 Å². The van der Waals surface area contributed by atoms with Crippen LogP contribution in [0.3, 0.4) is 0 Å². The summed E-state index contributed by atoms with van der Waals surface area (Å²) in [4.78, 5) is 12.6. The molecule has 0 saturated heterocycles. The standard InChI is InChI=1S/C18H27NO2/c1-13(2)17(15-8-10-16(21-3)11-9-15)18(20)19-12-14-6-4-5-7-14/h8-11,13-14,17H,4-7,12H2,1-3H3,(H,19,20). The smallest absolute Gasteiger partial charge is 0.227 e. The van der Waals surface area contributed by atoms with Crippen LogP contribution < -0.4 is 10.1 Å². The van der Waals surface area contributed by atoms with E-state index < -0.39 is 0 Å². The predicted molar refractivity (Wildman–Crippen MR) is 85.5 cm³/mol. The van der Waals surface area contributed by atoms with Crippen molar-refractivity contribution in [3.05, 3.63) is 29.8 Å². The van der Waals surface area contributed by atoms with Crippen molar-refractivity contribution in [3.8, 4) is 5.75 Å². The number of carbonyl (C=O) groups excluding carboxylic acids is 1. The van der Waals surface area contributed by atoms with Gasteiger partial charge in [0.2, 0.25) is 5.91 Å². The predicted octanol–water partition coefficient (Wildman–Crippen LogP) is 3.74. The minimum Gasteiger partial charge on any atom is -0.497 e. The molecule has 0 aromatic heterocycles. The van der Waals surface area contributed by atoms with E-state index in [0.29, 0.717) is 5.92 Å². The number of hydrogen-bond acceptors (Lipinski definition) is 2. The van der Waals surface area contributed by atoms with Crippen LogP contribution in [-0.2, 0) is 4.79 Å². The van der Waals surface area contributed by atoms with Gasteiger partial charge < -0.3 is 10.1 Å². The molecule has 1 aliphatic rings. The van der Waals surface area contributed by atoms with Crippen molar-refractivity contribution in [2.45, 2.75) is 45.4 Å². The maximum absolute atomic E-state index is 12.6. The Morgan fingerprint density at radius 3 is 2.38 bits per heavy atom. The van der Waals surface area contributed by atoms with Crippen LogP contribution in [0.4, 0.5) is 0 Å². The molecule has 0 bridgehead atoms. The molecule has 1 fully saturated rings. The van der Waals surface area contributed by atoms with E-state index in [4.69, 9.17) is 4.74 Å². The van der Waals surface area contributed by atoms with Gasteiger partial charge in [0.25, 0.3) is 0 Å². The van der Waals surface area contributed by atoms with E-state index in [9.17, 15) is 4.79 Å². The number of nitrogens with one attached hydrogen (secondary N) is 1. The molecule has 2 rings (SSSR count). The van der Waals surface area contributed by atoms with Gasteiger partial charge in [-0.15, -0.1) is 0 Å². The van der Waals surface area contributed by atoms with Crippen LogP contribution in [0.5, 0.6) is 5.75 Å². The molecule has 3 heteroatoms.